The zero-order valence-corrected chi connectivity index (χ0v) is 7.90. The third-order valence-corrected chi connectivity index (χ3v) is 2.70. The minimum Gasteiger partial charge on any atom is -0.397 e. The molecule has 0 spiro atoms. The molecule has 0 aromatic carbocycles. The molecule has 1 aromatic rings. The van der Waals surface area contributed by atoms with Crippen molar-refractivity contribution >= 4 is 11.4 Å². The summed E-state index contributed by atoms with van der Waals surface area (Å²) in [5.74, 6) is 0. The Labute approximate surface area is 78.6 Å². The Morgan fingerprint density at radius 3 is 3.08 bits per heavy atom. The minimum atomic E-state index is 0.603. The van der Waals surface area contributed by atoms with Gasteiger partial charge in [-0.05, 0) is 25.8 Å². The fourth-order valence-electron chi connectivity index (χ4n) is 1.93. The van der Waals surface area contributed by atoms with Crippen molar-refractivity contribution < 1.29 is 0 Å². The van der Waals surface area contributed by atoms with E-state index in [2.05, 4.69) is 16.8 Å². The first-order valence-electron chi connectivity index (χ1n) is 4.75. The molecule has 3 nitrogen and oxygen atoms in total. The lowest BCUT2D eigenvalue weighted by atomic mass is 10.2. The zero-order valence-electron chi connectivity index (χ0n) is 7.90. The van der Waals surface area contributed by atoms with E-state index >= 15 is 0 Å². The van der Waals surface area contributed by atoms with Crippen LogP contribution in [0, 0.1) is 0 Å². The molecule has 0 bridgehead atoms. The van der Waals surface area contributed by atoms with Crippen molar-refractivity contribution in [3.63, 3.8) is 0 Å². The highest BCUT2D eigenvalue weighted by Gasteiger charge is 2.21. The van der Waals surface area contributed by atoms with E-state index in [-0.39, 0.29) is 0 Å². The maximum Gasteiger partial charge on any atom is 0.0788 e. The first kappa shape index (κ1) is 8.35. The SMILES string of the molecule is CC1CCCN1c1cnccc1N. The molecule has 1 fully saturated rings. The van der Waals surface area contributed by atoms with Crippen LogP contribution in [0.4, 0.5) is 11.4 Å². The van der Waals surface area contributed by atoms with Gasteiger partial charge in [0.2, 0.25) is 0 Å². The first-order valence-corrected chi connectivity index (χ1v) is 4.75. The van der Waals surface area contributed by atoms with Crippen LogP contribution in [0.5, 0.6) is 0 Å². The second kappa shape index (κ2) is 3.24. The fourth-order valence-corrected chi connectivity index (χ4v) is 1.93. The predicted octanol–water partition coefficient (Wildman–Crippen LogP) is 1.65. The van der Waals surface area contributed by atoms with Crippen molar-refractivity contribution in [1.29, 1.82) is 0 Å². The monoisotopic (exact) mass is 177 g/mol. The molecule has 1 saturated heterocycles. The highest BCUT2D eigenvalue weighted by Crippen LogP contribution is 2.28. The molecule has 13 heavy (non-hydrogen) atoms. The number of aromatic nitrogens is 1. The number of hydrogen-bond donors (Lipinski definition) is 1. The molecule has 0 radical (unpaired) electrons. The molecule has 1 aliphatic rings. The topological polar surface area (TPSA) is 42.2 Å². The maximum absolute atomic E-state index is 5.88. The molecule has 0 amide bonds. The number of nitrogen functional groups attached to an aromatic ring is 1. The van der Waals surface area contributed by atoms with E-state index in [9.17, 15) is 0 Å². The summed E-state index contributed by atoms with van der Waals surface area (Å²) < 4.78 is 0. The number of pyridine rings is 1. The van der Waals surface area contributed by atoms with Crippen LogP contribution >= 0.6 is 0 Å². The van der Waals surface area contributed by atoms with Crippen molar-refractivity contribution in [2.75, 3.05) is 17.2 Å². The van der Waals surface area contributed by atoms with Gasteiger partial charge in [-0.2, -0.15) is 0 Å². The molecule has 1 unspecified atom stereocenters. The second-order valence-electron chi connectivity index (χ2n) is 3.62. The lowest BCUT2D eigenvalue weighted by molar-refractivity contribution is 0.734. The molecule has 3 heteroatoms. The molecule has 2 heterocycles. The van der Waals surface area contributed by atoms with Crippen LogP contribution in [-0.2, 0) is 0 Å². The lowest BCUT2D eigenvalue weighted by Crippen LogP contribution is -2.27. The van der Waals surface area contributed by atoms with E-state index in [0.29, 0.717) is 6.04 Å². The molecule has 1 atom stereocenters. The van der Waals surface area contributed by atoms with E-state index in [4.69, 9.17) is 5.73 Å². The summed E-state index contributed by atoms with van der Waals surface area (Å²) in [6.07, 6.45) is 6.11. The third-order valence-electron chi connectivity index (χ3n) is 2.70. The second-order valence-corrected chi connectivity index (χ2v) is 3.62. The number of nitrogens with zero attached hydrogens (tertiary/aromatic N) is 2. The van der Waals surface area contributed by atoms with Gasteiger partial charge in [0.1, 0.15) is 0 Å². The van der Waals surface area contributed by atoms with E-state index in [1.807, 2.05) is 12.3 Å². The minimum absolute atomic E-state index is 0.603. The Kier molecular flexibility index (Phi) is 2.08. The van der Waals surface area contributed by atoms with E-state index in [0.717, 1.165) is 17.9 Å². The van der Waals surface area contributed by atoms with Gasteiger partial charge in [-0.3, -0.25) is 4.98 Å². The average Bonchev–Trinajstić information content (AvgIpc) is 2.52. The number of rotatable bonds is 1. The summed E-state index contributed by atoms with van der Waals surface area (Å²) in [5.41, 5.74) is 7.81. The average molecular weight is 177 g/mol. The van der Waals surface area contributed by atoms with Gasteiger partial charge >= 0.3 is 0 Å². The Morgan fingerprint density at radius 1 is 1.62 bits per heavy atom. The van der Waals surface area contributed by atoms with Crippen LogP contribution in [0.3, 0.4) is 0 Å². The van der Waals surface area contributed by atoms with Crippen LogP contribution in [0.15, 0.2) is 18.5 Å². The molecular weight excluding hydrogens is 162 g/mol. The summed E-state index contributed by atoms with van der Waals surface area (Å²) in [6.45, 7) is 3.34. The number of nitrogens with two attached hydrogens (primary N) is 1. The normalized spacial score (nSPS) is 22.2. The molecule has 0 saturated carbocycles. The van der Waals surface area contributed by atoms with Crippen LogP contribution < -0.4 is 10.6 Å². The fraction of sp³-hybridized carbons (Fsp3) is 0.500. The van der Waals surface area contributed by atoms with Crippen molar-refractivity contribution in [1.82, 2.24) is 4.98 Å². The van der Waals surface area contributed by atoms with Gasteiger partial charge in [-0.1, -0.05) is 0 Å². The summed E-state index contributed by atoms with van der Waals surface area (Å²) >= 11 is 0. The molecular formula is C10H15N3. The van der Waals surface area contributed by atoms with Gasteiger partial charge in [0.25, 0.3) is 0 Å². The number of hydrogen-bond acceptors (Lipinski definition) is 3. The highest BCUT2D eigenvalue weighted by molar-refractivity contribution is 5.66. The lowest BCUT2D eigenvalue weighted by Gasteiger charge is -2.24. The summed E-state index contributed by atoms with van der Waals surface area (Å²) in [7, 11) is 0. The quantitative estimate of drug-likeness (QED) is 0.709. The van der Waals surface area contributed by atoms with E-state index in [1.54, 1.807) is 6.20 Å². The van der Waals surface area contributed by atoms with Crippen molar-refractivity contribution in [2.45, 2.75) is 25.8 Å². The Morgan fingerprint density at radius 2 is 2.46 bits per heavy atom. The molecule has 1 aliphatic heterocycles. The van der Waals surface area contributed by atoms with Crippen LogP contribution in [-0.4, -0.2) is 17.6 Å². The van der Waals surface area contributed by atoms with Crippen molar-refractivity contribution in [3.8, 4) is 0 Å². The van der Waals surface area contributed by atoms with Gasteiger partial charge in [0.15, 0.2) is 0 Å². The Hall–Kier alpha value is -1.25. The van der Waals surface area contributed by atoms with Crippen molar-refractivity contribution in [3.05, 3.63) is 18.5 Å². The Bertz CT molecular complexity index is 298. The molecule has 2 rings (SSSR count). The standard InChI is InChI=1S/C10H15N3/c1-8-3-2-6-13(8)10-7-12-5-4-9(10)11/h4-5,7-8H,2-3,6H2,1H3,(H2,11,12). The molecule has 0 aliphatic carbocycles. The van der Waals surface area contributed by atoms with Gasteiger partial charge in [0.05, 0.1) is 17.6 Å². The first-order chi connectivity index (χ1) is 6.29. The van der Waals surface area contributed by atoms with Crippen molar-refractivity contribution in [2.24, 2.45) is 0 Å². The van der Waals surface area contributed by atoms with Gasteiger partial charge in [-0.15, -0.1) is 0 Å². The summed E-state index contributed by atoms with van der Waals surface area (Å²) in [4.78, 5) is 6.44. The van der Waals surface area contributed by atoms with E-state index < -0.39 is 0 Å². The van der Waals surface area contributed by atoms with Gasteiger partial charge in [0, 0.05) is 18.8 Å². The van der Waals surface area contributed by atoms with Crippen LogP contribution in [0.1, 0.15) is 19.8 Å². The molecule has 1 aromatic heterocycles. The predicted molar refractivity (Wildman–Crippen MR) is 54.7 cm³/mol. The van der Waals surface area contributed by atoms with Crippen LogP contribution in [0.2, 0.25) is 0 Å². The summed E-state index contributed by atoms with van der Waals surface area (Å²) in [5, 5.41) is 0. The third kappa shape index (κ3) is 1.46. The molecule has 2 N–H and O–H groups in total. The zero-order chi connectivity index (χ0) is 9.26. The Balaban J connectivity index is 2.29. The van der Waals surface area contributed by atoms with Gasteiger partial charge < -0.3 is 10.6 Å². The van der Waals surface area contributed by atoms with Gasteiger partial charge in [-0.25, -0.2) is 0 Å². The summed E-state index contributed by atoms with van der Waals surface area (Å²) in [6, 6.07) is 2.46. The smallest absolute Gasteiger partial charge is 0.0788 e. The van der Waals surface area contributed by atoms with Crippen LogP contribution in [0.25, 0.3) is 0 Å². The number of anilines is 2. The maximum atomic E-state index is 5.88. The molecule has 70 valence electrons. The largest absolute Gasteiger partial charge is 0.397 e. The van der Waals surface area contributed by atoms with E-state index in [1.165, 1.54) is 12.8 Å². The highest BCUT2D eigenvalue weighted by atomic mass is 15.2.